The van der Waals surface area contributed by atoms with Crippen molar-refractivity contribution in [3.05, 3.63) is 27.7 Å². The SMILES string of the molecule is CCC(CC)=NNC(=O)COc1ccc(Cl)cc1Br. The maximum atomic E-state index is 11.5. The number of nitrogens with zero attached hydrogens (tertiary/aromatic N) is 1. The van der Waals surface area contributed by atoms with Crippen molar-refractivity contribution >= 4 is 39.1 Å². The summed E-state index contributed by atoms with van der Waals surface area (Å²) in [6.45, 7) is 3.90. The van der Waals surface area contributed by atoms with Crippen molar-refractivity contribution in [2.45, 2.75) is 26.7 Å². The monoisotopic (exact) mass is 346 g/mol. The second-order valence-electron chi connectivity index (χ2n) is 3.78. The second-order valence-corrected chi connectivity index (χ2v) is 5.07. The first-order valence-corrected chi connectivity index (χ1v) is 7.16. The first kappa shape index (κ1) is 16.0. The minimum absolute atomic E-state index is 0.0928. The molecule has 0 spiro atoms. The van der Waals surface area contributed by atoms with Gasteiger partial charge in [0.05, 0.1) is 4.47 Å². The fourth-order valence-corrected chi connectivity index (χ4v) is 2.11. The molecule has 104 valence electrons. The molecule has 0 bridgehead atoms. The summed E-state index contributed by atoms with van der Waals surface area (Å²) in [5.74, 6) is 0.274. The fraction of sp³-hybridized carbons (Fsp3) is 0.385. The molecule has 0 heterocycles. The molecule has 6 heteroatoms. The molecule has 0 saturated carbocycles. The molecule has 19 heavy (non-hydrogen) atoms. The van der Waals surface area contributed by atoms with Crippen LogP contribution in [0.4, 0.5) is 0 Å². The molecule has 1 N–H and O–H groups in total. The van der Waals surface area contributed by atoms with E-state index in [4.69, 9.17) is 16.3 Å². The van der Waals surface area contributed by atoms with Crippen LogP contribution in [-0.4, -0.2) is 18.2 Å². The summed E-state index contributed by atoms with van der Waals surface area (Å²) in [5.41, 5.74) is 3.41. The predicted octanol–water partition coefficient (Wildman–Crippen LogP) is 3.77. The molecule has 0 unspecified atom stereocenters. The van der Waals surface area contributed by atoms with E-state index in [1.807, 2.05) is 13.8 Å². The van der Waals surface area contributed by atoms with Crippen LogP contribution in [-0.2, 0) is 4.79 Å². The van der Waals surface area contributed by atoms with Gasteiger partial charge >= 0.3 is 0 Å². The van der Waals surface area contributed by atoms with E-state index in [0.717, 1.165) is 18.6 Å². The van der Waals surface area contributed by atoms with Crippen LogP contribution in [0.5, 0.6) is 5.75 Å². The number of carbonyl (C=O) groups is 1. The Morgan fingerprint density at radius 1 is 1.42 bits per heavy atom. The molecule has 0 saturated heterocycles. The Kier molecular flexibility index (Phi) is 6.87. The number of hydrogen-bond donors (Lipinski definition) is 1. The number of hydrogen-bond acceptors (Lipinski definition) is 3. The van der Waals surface area contributed by atoms with E-state index in [1.165, 1.54) is 0 Å². The first-order valence-electron chi connectivity index (χ1n) is 5.99. The van der Waals surface area contributed by atoms with Crippen LogP contribution in [0.1, 0.15) is 26.7 Å². The molecule has 0 atom stereocenters. The lowest BCUT2D eigenvalue weighted by molar-refractivity contribution is -0.123. The molecular weight excluding hydrogens is 332 g/mol. The van der Waals surface area contributed by atoms with Gasteiger partial charge in [-0.15, -0.1) is 0 Å². The summed E-state index contributed by atoms with van der Waals surface area (Å²) >= 11 is 9.13. The third-order valence-electron chi connectivity index (χ3n) is 2.41. The van der Waals surface area contributed by atoms with Crippen molar-refractivity contribution in [1.29, 1.82) is 0 Å². The van der Waals surface area contributed by atoms with Crippen molar-refractivity contribution in [1.82, 2.24) is 5.43 Å². The molecule has 0 fully saturated rings. The van der Waals surface area contributed by atoms with E-state index < -0.39 is 0 Å². The molecule has 1 amide bonds. The van der Waals surface area contributed by atoms with E-state index in [1.54, 1.807) is 18.2 Å². The lowest BCUT2D eigenvalue weighted by Gasteiger charge is -2.07. The summed E-state index contributed by atoms with van der Waals surface area (Å²) in [6.07, 6.45) is 1.64. The second kappa shape index (κ2) is 8.17. The zero-order chi connectivity index (χ0) is 14.3. The first-order chi connectivity index (χ1) is 9.06. The Bertz CT molecular complexity index is 472. The highest BCUT2D eigenvalue weighted by Gasteiger charge is 2.05. The average molecular weight is 348 g/mol. The van der Waals surface area contributed by atoms with Gasteiger partial charge in [-0.1, -0.05) is 25.4 Å². The summed E-state index contributed by atoms with van der Waals surface area (Å²) in [5, 5.41) is 4.61. The Morgan fingerprint density at radius 3 is 2.68 bits per heavy atom. The van der Waals surface area contributed by atoms with Crippen LogP contribution < -0.4 is 10.2 Å². The lowest BCUT2D eigenvalue weighted by atomic mass is 10.2. The van der Waals surface area contributed by atoms with Gasteiger partial charge in [0.2, 0.25) is 0 Å². The Morgan fingerprint density at radius 2 is 2.11 bits per heavy atom. The van der Waals surface area contributed by atoms with Gasteiger partial charge in [0, 0.05) is 10.7 Å². The number of halogens is 2. The number of hydrazone groups is 1. The van der Waals surface area contributed by atoms with Gasteiger partial charge in [0.25, 0.3) is 5.91 Å². The molecular formula is C13H16BrClN2O2. The number of benzene rings is 1. The quantitative estimate of drug-likeness (QED) is 0.629. The van der Waals surface area contributed by atoms with Crippen molar-refractivity contribution in [3.63, 3.8) is 0 Å². The van der Waals surface area contributed by atoms with Gasteiger partial charge in [-0.25, -0.2) is 5.43 Å². The number of nitrogens with one attached hydrogen (secondary N) is 1. The zero-order valence-corrected chi connectivity index (χ0v) is 13.2. The minimum Gasteiger partial charge on any atom is -0.483 e. The average Bonchev–Trinajstić information content (AvgIpc) is 2.39. The number of rotatable bonds is 6. The molecule has 0 aliphatic rings. The van der Waals surface area contributed by atoms with E-state index in [-0.39, 0.29) is 12.5 Å². The van der Waals surface area contributed by atoms with Gasteiger partial charge < -0.3 is 4.74 Å². The third-order valence-corrected chi connectivity index (χ3v) is 3.26. The number of carbonyl (C=O) groups excluding carboxylic acids is 1. The highest BCUT2D eigenvalue weighted by Crippen LogP contribution is 2.27. The molecule has 1 aromatic carbocycles. The molecule has 0 aliphatic heterocycles. The fourth-order valence-electron chi connectivity index (χ4n) is 1.32. The summed E-state index contributed by atoms with van der Waals surface area (Å²) in [4.78, 5) is 11.5. The van der Waals surface area contributed by atoms with E-state index in [0.29, 0.717) is 15.2 Å². The normalized spacial score (nSPS) is 9.89. The zero-order valence-electron chi connectivity index (χ0n) is 10.9. The summed E-state index contributed by atoms with van der Waals surface area (Å²) in [7, 11) is 0. The molecule has 1 rings (SSSR count). The van der Waals surface area contributed by atoms with Gasteiger partial charge in [-0.2, -0.15) is 5.10 Å². The van der Waals surface area contributed by atoms with Crippen LogP contribution in [0.2, 0.25) is 5.02 Å². The van der Waals surface area contributed by atoms with Gasteiger partial charge in [-0.3, -0.25) is 4.79 Å². The van der Waals surface area contributed by atoms with Crippen LogP contribution in [0.3, 0.4) is 0 Å². The standard InChI is InChI=1S/C13H16BrClN2O2/c1-3-10(4-2)16-17-13(18)8-19-12-6-5-9(15)7-11(12)14/h5-7H,3-4,8H2,1-2H3,(H,17,18). The highest BCUT2D eigenvalue weighted by molar-refractivity contribution is 9.10. The smallest absolute Gasteiger partial charge is 0.277 e. The van der Waals surface area contributed by atoms with Crippen LogP contribution in [0, 0.1) is 0 Å². The van der Waals surface area contributed by atoms with E-state index in [2.05, 4.69) is 26.5 Å². The van der Waals surface area contributed by atoms with Crippen molar-refractivity contribution in [3.8, 4) is 5.75 Å². The van der Waals surface area contributed by atoms with Crippen LogP contribution >= 0.6 is 27.5 Å². The van der Waals surface area contributed by atoms with E-state index >= 15 is 0 Å². The van der Waals surface area contributed by atoms with Crippen molar-refractivity contribution in [2.75, 3.05) is 6.61 Å². The van der Waals surface area contributed by atoms with Gasteiger partial charge in [0.15, 0.2) is 6.61 Å². The van der Waals surface area contributed by atoms with Gasteiger partial charge in [-0.05, 0) is 47.0 Å². The van der Waals surface area contributed by atoms with Crippen LogP contribution in [0.15, 0.2) is 27.8 Å². The number of amides is 1. The lowest BCUT2D eigenvalue weighted by Crippen LogP contribution is -2.25. The largest absolute Gasteiger partial charge is 0.483 e. The molecule has 4 nitrogen and oxygen atoms in total. The summed E-state index contributed by atoms with van der Waals surface area (Å²) in [6, 6.07) is 5.11. The third kappa shape index (κ3) is 5.61. The maximum absolute atomic E-state index is 11.5. The topological polar surface area (TPSA) is 50.7 Å². The highest BCUT2D eigenvalue weighted by atomic mass is 79.9. The van der Waals surface area contributed by atoms with Crippen molar-refractivity contribution in [2.24, 2.45) is 5.10 Å². The Hall–Kier alpha value is -1.07. The molecule has 0 radical (unpaired) electrons. The van der Waals surface area contributed by atoms with Gasteiger partial charge in [0.1, 0.15) is 5.75 Å². The molecule has 0 aromatic heterocycles. The van der Waals surface area contributed by atoms with Crippen molar-refractivity contribution < 1.29 is 9.53 Å². The molecule has 1 aromatic rings. The van der Waals surface area contributed by atoms with E-state index in [9.17, 15) is 4.79 Å². The maximum Gasteiger partial charge on any atom is 0.277 e. The Labute approximate surface area is 126 Å². The molecule has 0 aliphatic carbocycles. The number of ether oxygens (including phenoxy) is 1. The summed E-state index contributed by atoms with van der Waals surface area (Å²) < 4.78 is 6.07. The Balaban J connectivity index is 2.48. The minimum atomic E-state index is -0.291. The van der Waals surface area contributed by atoms with Crippen LogP contribution in [0.25, 0.3) is 0 Å². The predicted molar refractivity (Wildman–Crippen MR) is 80.8 cm³/mol.